The average Bonchev–Trinajstić information content (AvgIpc) is 3.21. The molecule has 38 heavy (non-hydrogen) atoms. The Morgan fingerprint density at radius 3 is 2.16 bits per heavy atom. The number of nitrogens with zero attached hydrogens (tertiary/aromatic N) is 4. The summed E-state index contributed by atoms with van der Waals surface area (Å²) < 4.78 is 2.68. The van der Waals surface area contributed by atoms with Crippen LogP contribution in [0.2, 0.25) is 0 Å². The van der Waals surface area contributed by atoms with Gasteiger partial charge in [-0.15, -0.1) is 0 Å². The minimum atomic E-state index is -0.716. The number of likely N-dealkylation sites (tertiary alicyclic amines) is 1. The second-order valence-corrected chi connectivity index (χ2v) is 13.5. The van der Waals surface area contributed by atoms with Crippen molar-refractivity contribution in [2.75, 3.05) is 19.6 Å². The molecule has 5 aliphatic rings. The van der Waals surface area contributed by atoms with Gasteiger partial charge in [0.05, 0.1) is 17.6 Å². The van der Waals surface area contributed by atoms with Crippen LogP contribution in [0.25, 0.3) is 11.0 Å². The number of hydrogen-bond acceptors (Lipinski definition) is 4. The van der Waals surface area contributed by atoms with Gasteiger partial charge in [-0.25, -0.2) is 4.98 Å². The van der Waals surface area contributed by atoms with Crippen LogP contribution in [-0.2, 0) is 4.79 Å². The summed E-state index contributed by atoms with van der Waals surface area (Å²) in [6.45, 7) is 1.87. The number of rotatable bonds is 5. The third-order valence-electron chi connectivity index (χ3n) is 11.1. The smallest absolute Gasteiger partial charge is 0.317 e. The van der Waals surface area contributed by atoms with Gasteiger partial charge in [-0.2, -0.15) is 0 Å². The van der Waals surface area contributed by atoms with Crippen LogP contribution >= 0.6 is 0 Å². The topological polar surface area (TPSA) is 61.6 Å². The maximum Gasteiger partial charge on any atom is 0.317 e. The quantitative estimate of drug-likeness (QED) is 0.509. The highest BCUT2D eigenvalue weighted by Crippen LogP contribution is 2.48. The van der Waals surface area contributed by atoms with Crippen LogP contribution in [0, 0.1) is 11.8 Å². The number of fused-ring (bicyclic) bond motifs is 5. The summed E-state index contributed by atoms with van der Waals surface area (Å²) >= 11 is 0. The van der Waals surface area contributed by atoms with Crippen LogP contribution in [-0.4, -0.2) is 68.2 Å². The number of aliphatic carboxylic acids is 1. The van der Waals surface area contributed by atoms with E-state index in [-0.39, 0.29) is 6.54 Å². The number of carboxylic acids is 1. The van der Waals surface area contributed by atoms with Gasteiger partial charge in [0, 0.05) is 30.1 Å². The first-order chi connectivity index (χ1) is 18.6. The Morgan fingerprint density at radius 2 is 1.47 bits per heavy atom. The van der Waals surface area contributed by atoms with Gasteiger partial charge >= 0.3 is 5.97 Å². The van der Waals surface area contributed by atoms with Crippen molar-refractivity contribution in [1.29, 1.82) is 0 Å². The van der Waals surface area contributed by atoms with E-state index in [0.717, 1.165) is 61.4 Å². The fourth-order valence-corrected chi connectivity index (χ4v) is 9.58. The SMILES string of the molecule is O=C(O)CN1CCC(c2nc3ccccc3n2[C@H]2C[C@H]3CCC[C@@H](C2)N3[C@@H]2C[C@@H]3CCCC[C@@H](C3)C2)CC1. The van der Waals surface area contributed by atoms with E-state index in [4.69, 9.17) is 4.98 Å². The van der Waals surface area contributed by atoms with Gasteiger partial charge < -0.3 is 9.67 Å². The highest BCUT2D eigenvalue weighted by atomic mass is 16.4. The summed E-state index contributed by atoms with van der Waals surface area (Å²) in [6.07, 6.45) is 19.0. The molecule has 1 N–H and O–H groups in total. The molecule has 7 rings (SSSR count). The predicted octanol–water partition coefficient (Wildman–Crippen LogP) is 6.22. The Balaban J connectivity index is 1.14. The monoisotopic (exact) mass is 518 g/mol. The van der Waals surface area contributed by atoms with Gasteiger partial charge in [0.25, 0.3) is 0 Å². The van der Waals surface area contributed by atoms with Crippen LogP contribution in [0.3, 0.4) is 0 Å². The van der Waals surface area contributed by atoms with E-state index in [1.54, 1.807) is 0 Å². The zero-order valence-electron chi connectivity index (χ0n) is 23.0. The molecule has 0 spiro atoms. The Hall–Kier alpha value is -1.92. The summed E-state index contributed by atoms with van der Waals surface area (Å²) in [7, 11) is 0. The van der Waals surface area contributed by atoms with Crippen LogP contribution in [0.1, 0.15) is 108 Å². The van der Waals surface area contributed by atoms with Crippen molar-refractivity contribution >= 4 is 17.0 Å². The minimum absolute atomic E-state index is 0.161. The number of carbonyl (C=O) groups is 1. The van der Waals surface area contributed by atoms with E-state index >= 15 is 0 Å². The number of aromatic nitrogens is 2. The second-order valence-electron chi connectivity index (χ2n) is 13.5. The molecule has 3 aliphatic heterocycles. The predicted molar refractivity (Wildman–Crippen MR) is 150 cm³/mol. The lowest BCUT2D eigenvalue weighted by atomic mass is 9.73. The van der Waals surface area contributed by atoms with Gasteiger partial charge in [0.15, 0.2) is 0 Å². The first kappa shape index (κ1) is 25.1. The van der Waals surface area contributed by atoms with Crippen molar-refractivity contribution in [3.8, 4) is 0 Å². The molecule has 206 valence electrons. The third kappa shape index (κ3) is 4.81. The first-order valence-corrected chi connectivity index (χ1v) is 15.8. The second kappa shape index (κ2) is 10.6. The van der Waals surface area contributed by atoms with E-state index in [0.29, 0.717) is 12.0 Å². The van der Waals surface area contributed by atoms with Crippen LogP contribution < -0.4 is 0 Å². The Morgan fingerprint density at radius 1 is 0.789 bits per heavy atom. The number of piperidine rings is 3. The largest absolute Gasteiger partial charge is 0.480 e. The fourth-order valence-electron chi connectivity index (χ4n) is 9.58. The Bertz CT molecular complexity index is 1110. The number of imidazole rings is 1. The molecule has 2 saturated carbocycles. The molecule has 5 fully saturated rings. The Kier molecular flexibility index (Phi) is 6.98. The van der Waals surface area contributed by atoms with E-state index in [1.165, 1.54) is 88.4 Å². The van der Waals surface area contributed by atoms with Crippen LogP contribution in [0.15, 0.2) is 24.3 Å². The molecule has 0 unspecified atom stereocenters. The molecule has 6 atom stereocenters. The van der Waals surface area contributed by atoms with Crippen LogP contribution in [0.4, 0.5) is 0 Å². The fraction of sp³-hybridized carbons (Fsp3) is 0.750. The molecular weight excluding hydrogens is 472 g/mol. The molecular formula is C32H46N4O2. The lowest BCUT2D eigenvalue weighted by Gasteiger charge is -2.55. The standard InChI is InChI=1S/C32H46N4O2/c37-31(38)21-34-14-12-24(13-15-34)32-33-29-10-3-4-11-30(29)36(32)28-19-25-8-5-9-26(20-28)35(25)27-17-22-6-1-2-7-23(16-22)18-27/h3-4,10-11,22-28H,1-2,5-9,12-21H2,(H,37,38)/t22-,23+,25-,26+,27-,28+. The molecule has 2 aromatic rings. The molecule has 0 radical (unpaired) electrons. The van der Waals surface area contributed by atoms with E-state index in [1.807, 2.05) is 0 Å². The van der Waals surface area contributed by atoms with Crippen molar-refractivity contribution in [2.45, 2.75) is 120 Å². The number of hydrogen-bond donors (Lipinski definition) is 1. The average molecular weight is 519 g/mol. The zero-order valence-corrected chi connectivity index (χ0v) is 23.0. The Labute approximate surface area is 227 Å². The maximum absolute atomic E-state index is 11.2. The molecule has 6 heteroatoms. The van der Waals surface area contributed by atoms with Gasteiger partial charge in [0.2, 0.25) is 0 Å². The van der Waals surface area contributed by atoms with Crippen molar-refractivity contribution in [3.63, 3.8) is 0 Å². The molecule has 4 bridgehead atoms. The summed E-state index contributed by atoms with van der Waals surface area (Å²) in [5.41, 5.74) is 2.45. The summed E-state index contributed by atoms with van der Waals surface area (Å²) in [6, 6.07) is 11.6. The van der Waals surface area contributed by atoms with Gasteiger partial charge in [0.1, 0.15) is 5.82 Å². The summed E-state index contributed by atoms with van der Waals surface area (Å²) in [5, 5.41) is 9.25. The molecule has 4 heterocycles. The molecule has 1 aromatic heterocycles. The zero-order chi connectivity index (χ0) is 25.6. The first-order valence-electron chi connectivity index (χ1n) is 15.8. The third-order valence-corrected chi connectivity index (χ3v) is 11.1. The van der Waals surface area contributed by atoms with Crippen molar-refractivity contribution in [3.05, 3.63) is 30.1 Å². The minimum Gasteiger partial charge on any atom is -0.480 e. The van der Waals surface area contributed by atoms with Crippen molar-refractivity contribution < 1.29 is 9.90 Å². The van der Waals surface area contributed by atoms with E-state index < -0.39 is 5.97 Å². The lowest BCUT2D eigenvalue weighted by Crippen LogP contribution is -2.58. The maximum atomic E-state index is 11.2. The molecule has 6 nitrogen and oxygen atoms in total. The summed E-state index contributed by atoms with van der Waals surface area (Å²) in [4.78, 5) is 21.7. The molecule has 1 aromatic carbocycles. The normalized spacial score (nSPS) is 35.3. The molecule has 0 amide bonds. The summed E-state index contributed by atoms with van der Waals surface area (Å²) in [5.74, 6) is 2.95. The van der Waals surface area contributed by atoms with Crippen molar-refractivity contribution in [2.24, 2.45) is 11.8 Å². The van der Waals surface area contributed by atoms with Crippen LogP contribution in [0.5, 0.6) is 0 Å². The number of carboxylic acid groups (broad SMARTS) is 1. The highest BCUT2D eigenvalue weighted by molar-refractivity contribution is 5.76. The van der Waals surface area contributed by atoms with Gasteiger partial charge in [-0.3, -0.25) is 14.6 Å². The number of para-hydroxylation sites is 2. The van der Waals surface area contributed by atoms with E-state index in [9.17, 15) is 9.90 Å². The lowest BCUT2D eigenvalue weighted by molar-refractivity contribution is -0.138. The molecule has 2 aliphatic carbocycles. The van der Waals surface area contributed by atoms with Crippen molar-refractivity contribution in [1.82, 2.24) is 19.4 Å². The van der Waals surface area contributed by atoms with Gasteiger partial charge in [-0.1, -0.05) is 44.2 Å². The van der Waals surface area contributed by atoms with E-state index in [2.05, 4.69) is 38.6 Å². The van der Waals surface area contributed by atoms with Gasteiger partial charge in [-0.05, 0) is 94.8 Å². The number of benzene rings is 1. The molecule has 3 saturated heterocycles. The highest BCUT2D eigenvalue weighted by Gasteiger charge is 2.45.